The summed E-state index contributed by atoms with van der Waals surface area (Å²) in [6.45, 7) is 3.38. The van der Waals surface area contributed by atoms with Crippen molar-refractivity contribution in [3.8, 4) is 22.5 Å². The van der Waals surface area contributed by atoms with E-state index in [1.54, 1.807) is 6.20 Å². The van der Waals surface area contributed by atoms with Gasteiger partial charge in [0.05, 0.1) is 0 Å². The Morgan fingerprint density at radius 2 is 1.36 bits per heavy atom. The van der Waals surface area contributed by atoms with Gasteiger partial charge in [0.15, 0.2) is 0 Å². The Kier molecular flexibility index (Phi) is 8.92. The fraction of sp³-hybridized carbons (Fsp3) is 0.320. The van der Waals surface area contributed by atoms with Gasteiger partial charge in [-0.2, -0.15) is 0 Å². The summed E-state index contributed by atoms with van der Waals surface area (Å²) in [5, 5.41) is 7.05. The molecule has 2 aromatic heterocycles. The first kappa shape index (κ1) is 30.2. The van der Waals surface area contributed by atoms with Crippen LogP contribution < -0.4 is 0 Å². The minimum absolute atomic E-state index is 0. The zero-order valence-electron chi connectivity index (χ0n) is 36.9. The largest absolute Gasteiger partial charge is 0.304 e. The van der Waals surface area contributed by atoms with Gasteiger partial charge in [0.1, 0.15) is 0 Å². The fourth-order valence-corrected chi connectivity index (χ4v) is 8.48. The van der Waals surface area contributed by atoms with Crippen LogP contribution in [0.25, 0.3) is 54.8 Å². The van der Waals surface area contributed by atoms with Gasteiger partial charge in [0.25, 0.3) is 0 Å². The zero-order valence-corrected chi connectivity index (χ0v) is 33.2. The molecule has 0 bridgehead atoms. The molecule has 2 nitrogen and oxygen atoms in total. The normalized spacial score (nSPS) is 18.5. The Morgan fingerprint density at radius 1 is 0.717 bits per heavy atom. The van der Waals surface area contributed by atoms with Crippen LogP contribution in [-0.4, -0.2) is 9.97 Å². The number of aryl methyl sites for hydroxylation is 1. The van der Waals surface area contributed by atoms with E-state index in [0.717, 1.165) is 40.4 Å². The molecular formula is C50H50IrN2-2. The topological polar surface area (TPSA) is 25.8 Å². The first-order chi connectivity index (χ1) is 27.6. The maximum Gasteiger partial charge on any atom is 0.0352 e. The Balaban J connectivity index is 0.000000223. The molecule has 0 unspecified atom stereocenters. The third-order valence-electron chi connectivity index (χ3n) is 11.1. The van der Waals surface area contributed by atoms with Crippen LogP contribution >= 0.6 is 0 Å². The molecule has 0 atom stereocenters. The van der Waals surface area contributed by atoms with Gasteiger partial charge in [-0.3, -0.25) is 0 Å². The van der Waals surface area contributed by atoms with Crippen molar-refractivity contribution in [3.63, 3.8) is 0 Å². The summed E-state index contributed by atoms with van der Waals surface area (Å²) in [5.41, 5.74) is 4.61. The molecule has 2 saturated carbocycles. The standard InChI is InChI=1S/C34H32N.C16H18N.Ir/c1-23-22-35-33(21-31(23)24-14-18-34(19-15-24)16-6-7-17-34)25-12-13-30-28-10-3-2-8-26(28)27-9-4-5-11-29(27)32(30)20-25;1-16(2,3)11-13-9-10-15(17-12-13)14-7-5-4-6-8-14;/h2-5,8-11,13,20-22,24H,6-7,14-19H2,1H3;4-7,9-10,12H,11H2,1-3H3;/q2*-1;/i1D3,24D;11D2;. The molecule has 1 radical (unpaired) electrons. The van der Waals surface area contributed by atoms with Gasteiger partial charge in [-0.15, -0.1) is 59.7 Å². The Labute approximate surface area is 338 Å². The summed E-state index contributed by atoms with van der Waals surface area (Å²) in [5.74, 6) is -0.908. The van der Waals surface area contributed by atoms with E-state index in [-0.39, 0.29) is 25.7 Å². The third-order valence-corrected chi connectivity index (χ3v) is 11.1. The second-order valence-corrected chi connectivity index (χ2v) is 15.8. The van der Waals surface area contributed by atoms with Crippen LogP contribution in [0.5, 0.6) is 0 Å². The van der Waals surface area contributed by atoms with Gasteiger partial charge >= 0.3 is 0 Å². The molecule has 0 aliphatic heterocycles. The summed E-state index contributed by atoms with van der Waals surface area (Å²) < 4.78 is 50.7. The minimum atomic E-state index is -2.31. The summed E-state index contributed by atoms with van der Waals surface area (Å²) in [7, 11) is 0. The monoisotopic (exact) mass is 877 g/mol. The number of pyridine rings is 2. The molecule has 0 amide bonds. The zero-order chi connectivity index (χ0) is 40.9. The Bertz CT molecular complexity index is 2550. The van der Waals surface area contributed by atoms with Crippen LogP contribution in [-0.2, 0) is 26.5 Å². The molecule has 271 valence electrons. The van der Waals surface area contributed by atoms with E-state index in [1.807, 2.05) is 69.3 Å². The number of fused-ring (bicyclic) bond motifs is 6. The van der Waals surface area contributed by atoms with Crippen molar-refractivity contribution in [2.45, 2.75) is 91.3 Å². The maximum atomic E-state index is 9.53. The van der Waals surface area contributed by atoms with Crippen LogP contribution in [0.1, 0.15) is 103 Å². The second kappa shape index (κ2) is 15.7. The predicted octanol–water partition coefficient (Wildman–Crippen LogP) is 13.7. The molecule has 2 fully saturated rings. The maximum absolute atomic E-state index is 9.53. The molecular weight excluding hydrogens is 821 g/mol. The minimum Gasteiger partial charge on any atom is -0.304 e. The predicted molar refractivity (Wildman–Crippen MR) is 220 cm³/mol. The summed E-state index contributed by atoms with van der Waals surface area (Å²) in [6, 6.07) is 40.9. The molecule has 53 heavy (non-hydrogen) atoms. The third kappa shape index (κ3) is 8.03. The van der Waals surface area contributed by atoms with E-state index in [9.17, 15) is 1.37 Å². The van der Waals surface area contributed by atoms with Gasteiger partial charge in [0, 0.05) is 40.7 Å². The Morgan fingerprint density at radius 3 is 1.96 bits per heavy atom. The molecule has 1 spiro atoms. The molecule has 0 N–H and O–H groups in total. The molecule has 5 aromatic carbocycles. The fourth-order valence-electron chi connectivity index (χ4n) is 8.48. The number of aromatic nitrogens is 2. The van der Waals surface area contributed by atoms with Gasteiger partial charge in [-0.05, 0) is 113 Å². The van der Waals surface area contributed by atoms with E-state index in [2.05, 4.69) is 76.7 Å². The second-order valence-electron chi connectivity index (χ2n) is 15.8. The van der Waals surface area contributed by atoms with Crippen molar-refractivity contribution < 1.29 is 28.3 Å². The van der Waals surface area contributed by atoms with Crippen molar-refractivity contribution in [2.75, 3.05) is 0 Å². The first-order valence-electron chi connectivity index (χ1n) is 21.8. The number of benzene rings is 5. The molecule has 9 rings (SSSR count). The molecule has 7 aromatic rings. The average molecular weight is 877 g/mol. The van der Waals surface area contributed by atoms with Crippen molar-refractivity contribution in [1.29, 1.82) is 0 Å². The van der Waals surface area contributed by atoms with Crippen LogP contribution in [0.2, 0.25) is 0 Å². The van der Waals surface area contributed by atoms with E-state index in [1.165, 1.54) is 53.4 Å². The number of hydrogen-bond donors (Lipinski definition) is 0. The molecule has 2 aliphatic rings. The number of rotatable bonds is 4. The molecule has 0 saturated heterocycles. The summed E-state index contributed by atoms with van der Waals surface area (Å²) >= 11 is 0. The van der Waals surface area contributed by atoms with Gasteiger partial charge in [-0.25, -0.2) is 0 Å². The van der Waals surface area contributed by atoms with E-state index in [4.69, 9.17) is 6.85 Å². The summed E-state index contributed by atoms with van der Waals surface area (Å²) in [4.78, 5) is 9.01. The molecule has 2 heterocycles. The number of nitrogens with zero attached hydrogens (tertiary/aromatic N) is 2. The average Bonchev–Trinajstić information content (AvgIpc) is 3.70. The first-order valence-corrected chi connectivity index (χ1v) is 18.8. The van der Waals surface area contributed by atoms with Crippen molar-refractivity contribution >= 4 is 32.3 Å². The quantitative estimate of drug-likeness (QED) is 0.130. The van der Waals surface area contributed by atoms with E-state index in [0.29, 0.717) is 35.1 Å². The van der Waals surface area contributed by atoms with E-state index >= 15 is 0 Å². The van der Waals surface area contributed by atoms with Gasteiger partial charge in [-0.1, -0.05) is 117 Å². The summed E-state index contributed by atoms with van der Waals surface area (Å²) in [6.07, 6.45) is 10.2. The Hall–Kier alpha value is -4.17. The van der Waals surface area contributed by atoms with Crippen molar-refractivity contribution in [1.82, 2.24) is 9.97 Å². The van der Waals surface area contributed by atoms with Crippen LogP contribution in [0, 0.1) is 29.8 Å². The van der Waals surface area contributed by atoms with Gasteiger partial charge < -0.3 is 9.97 Å². The van der Waals surface area contributed by atoms with E-state index < -0.39 is 24.5 Å². The van der Waals surface area contributed by atoms with Crippen molar-refractivity contribution in [2.24, 2.45) is 10.8 Å². The molecule has 2 aliphatic carbocycles. The van der Waals surface area contributed by atoms with Gasteiger partial charge in [0.2, 0.25) is 0 Å². The van der Waals surface area contributed by atoms with Crippen LogP contribution in [0.3, 0.4) is 0 Å². The van der Waals surface area contributed by atoms with Crippen LogP contribution in [0.4, 0.5) is 0 Å². The van der Waals surface area contributed by atoms with Crippen LogP contribution in [0.15, 0.2) is 116 Å². The smallest absolute Gasteiger partial charge is 0.0352 e. The molecule has 3 heteroatoms. The van der Waals surface area contributed by atoms with Crippen molar-refractivity contribution in [3.05, 3.63) is 144 Å². The number of hydrogen-bond acceptors (Lipinski definition) is 2. The SMILES string of the molecule is [2H]C([2H])([2H])c1cnc(-c2[c-]cc3c4ccccc4c4ccccc4c3c2)cc1C1([2H])CCC2(CCCC2)CC1.[2H]C([2H])(c1ccc(-c2[c-]cccc2)nc1)C(C)(C)C.[Ir].